The maximum absolute atomic E-state index is 12.7. The second-order valence-corrected chi connectivity index (χ2v) is 18.1. The van der Waals surface area contributed by atoms with Crippen molar-refractivity contribution in [3.05, 3.63) is 72.9 Å². The highest BCUT2D eigenvalue weighted by molar-refractivity contribution is 5.72. The Morgan fingerprint density at radius 1 is 0.338 bits per heavy atom. The van der Waals surface area contributed by atoms with Gasteiger partial charge >= 0.3 is 17.9 Å². The van der Waals surface area contributed by atoms with E-state index in [0.717, 1.165) is 70.6 Å². The summed E-state index contributed by atoms with van der Waals surface area (Å²) in [4.78, 5) is 37.8. The van der Waals surface area contributed by atoms with Gasteiger partial charge in [-0.2, -0.15) is 0 Å². The fraction of sp³-hybridized carbons (Fsp3) is 0.746. The molecule has 0 aromatic rings. The molecule has 0 saturated heterocycles. The average Bonchev–Trinajstić information content (AvgIpc) is 3.30. The van der Waals surface area contributed by atoms with Crippen molar-refractivity contribution in [3.63, 3.8) is 0 Å². The molecule has 374 valence electrons. The Bertz CT molecular complexity index is 1230. The number of hydrogen-bond donors (Lipinski definition) is 0. The van der Waals surface area contributed by atoms with E-state index in [1.807, 2.05) is 6.08 Å². The van der Waals surface area contributed by atoms with E-state index in [-0.39, 0.29) is 31.6 Å². The van der Waals surface area contributed by atoms with Crippen LogP contribution in [0.2, 0.25) is 0 Å². The van der Waals surface area contributed by atoms with E-state index in [9.17, 15) is 14.4 Å². The van der Waals surface area contributed by atoms with Gasteiger partial charge in [0.05, 0.1) is 6.42 Å². The number of esters is 3. The van der Waals surface area contributed by atoms with E-state index >= 15 is 0 Å². The standard InChI is InChI=1S/C59H102O6/c1-4-7-10-13-16-18-20-22-24-25-26-27-28-29-30-31-32-33-35-36-38-40-43-46-49-52-58(61)64-55-56(54-63-57(60)51-48-45-42-15-12-9-6-3)65-59(62)53-50-47-44-41-39-37-34-23-21-19-17-14-11-8-5-2/h8,11,17,19,23,25-26,34,39,41,47,50,56H,4-7,9-10,12-16,18,20-22,24,27-33,35-38,40,42-46,48-49,51-55H2,1-3H3/b11-8-,19-17-,26-25-,34-23-,41-39-,50-47-. The van der Waals surface area contributed by atoms with Crippen LogP contribution in [0.4, 0.5) is 0 Å². The van der Waals surface area contributed by atoms with Crippen molar-refractivity contribution in [2.45, 2.75) is 271 Å². The maximum atomic E-state index is 12.7. The number of rotatable bonds is 49. The second kappa shape index (κ2) is 53.5. The Labute approximate surface area is 402 Å². The topological polar surface area (TPSA) is 78.9 Å². The van der Waals surface area contributed by atoms with Gasteiger partial charge in [-0.3, -0.25) is 14.4 Å². The third kappa shape index (κ3) is 51.7. The van der Waals surface area contributed by atoms with Crippen LogP contribution in [0.15, 0.2) is 72.9 Å². The summed E-state index contributed by atoms with van der Waals surface area (Å²) in [6.07, 6.45) is 68.1. The molecule has 0 fully saturated rings. The van der Waals surface area contributed by atoms with E-state index < -0.39 is 12.1 Å². The highest BCUT2D eigenvalue weighted by atomic mass is 16.6. The molecule has 0 bridgehead atoms. The first-order valence-corrected chi connectivity index (χ1v) is 27.4. The summed E-state index contributed by atoms with van der Waals surface area (Å²) in [5, 5.41) is 0. The van der Waals surface area contributed by atoms with E-state index in [1.165, 1.54) is 154 Å². The largest absolute Gasteiger partial charge is 0.462 e. The lowest BCUT2D eigenvalue weighted by Gasteiger charge is -2.18. The van der Waals surface area contributed by atoms with Crippen molar-refractivity contribution in [1.82, 2.24) is 0 Å². The van der Waals surface area contributed by atoms with Crippen molar-refractivity contribution in [1.29, 1.82) is 0 Å². The van der Waals surface area contributed by atoms with Crippen LogP contribution >= 0.6 is 0 Å². The number of carbonyl (C=O) groups excluding carboxylic acids is 3. The molecule has 0 amide bonds. The first-order valence-electron chi connectivity index (χ1n) is 27.4. The predicted molar refractivity (Wildman–Crippen MR) is 279 cm³/mol. The first-order chi connectivity index (χ1) is 32.0. The van der Waals surface area contributed by atoms with Gasteiger partial charge in [0, 0.05) is 12.8 Å². The third-order valence-corrected chi connectivity index (χ3v) is 11.7. The fourth-order valence-corrected chi connectivity index (χ4v) is 7.63. The van der Waals surface area contributed by atoms with Gasteiger partial charge in [0.1, 0.15) is 13.2 Å². The first kappa shape index (κ1) is 61.9. The lowest BCUT2D eigenvalue weighted by molar-refractivity contribution is -0.166. The van der Waals surface area contributed by atoms with Gasteiger partial charge in [0.15, 0.2) is 6.10 Å². The normalized spacial score (nSPS) is 12.6. The Morgan fingerprint density at radius 3 is 1.00 bits per heavy atom. The minimum atomic E-state index is -0.825. The molecular formula is C59H102O6. The predicted octanol–water partition coefficient (Wildman–Crippen LogP) is 18.2. The van der Waals surface area contributed by atoms with Crippen LogP contribution in [-0.4, -0.2) is 37.2 Å². The highest BCUT2D eigenvalue weighted by Gasteiger charge is 2.19. The van der Waals surface area contributed by atoms with Gasteiger partial charge in [-0.05, 0) is 70.6 Å². The molecule has 0 heterocycles. The number of allylic oxidation sites excluding steroid dienone is 11. The zero-order valence-corrected chi connectivity index (χ0v) is 42.7. The van der Waals surface area contributed by atoms with E-state index in [0.29, 0.717) is 12.8 Å². The van der Waals surface area contributed by atoms with Gasteiger partial charge in [-0.1, -0.05) is 248 Å². The van der Waals surface area contributed by atoms with Crippen molar-refractivity contribution < 1.29 is 28.6 Å². The zero-order chi connectivity index (χ0) is 47.2. The van der Waals surface area contributed by atoms with Crippen LogP contribution in [0.3, 0.4) is 0 Å². The van der Waals surface area contributed by atoms with E-state index in [4.69, 9.17) is 14.2 Å². The van der Waals surface area contributed by atoms with E-state index in [1.54, 1.807) is 6.08 Å². The van der Waals surface area contributed by atoms with Crippen molar-refractivity contribution in [3.8, 4) is 0 Å². The molecule has 6 nitrogen and oxygen atoms in total. The SMILES string of the molecule is CC/C=C\C/C=C\C/C=C\C/C=C\C/C=C\CC(=O)OC(COC(=O)CCCCCCCCC)COC(=O)CCCCCCCCCCCCCCC/C=C\CCCCCCCCCC. The highest BCUT2D eigenvalue weighted by Crippen LogP contribution is 2.15. The smallest absolute Gasteiger partial charge is 0.310 e. The molecule has 0 saturated carbocycles. The van der Waals surface area contributed by atoms with Crippen molar-refractivity contribution in [2.24, 2.45) is 0 Å². The van der Waals surface area contributed by atoms with Crippen LogP contribution in [0.1, 0.15) is 265 Å². The Kier molecular flexibility index (Phi) is 50.9. The Hall–Kier alpha value is -3.15. The average molecular weight is 907 g/mol. The number of unbranched alkanes of at least 4 members (excludes halogenated alkanes) is 27. The molecule has 0 radical (unpaired) electrons. The summed E-state index contributed by atoms with van der Waals surface area (Å²) in [5.41, 5.74) is 0. The Balaban J connectivity index is 4.21. The minimum absolute atomic E-state index is 0.0989. The lowest BCUT2D eigenvalue weighted by atomic mass is 10.0. The fourth-order valence-electron chi connectivity index (χ4n) is 7.63. The minimum Gasteiger partial charge on any atom is -0.462 e. The van der Waals surface area contributed by atoms with Crippen molar-refractivity contribution in [2.75, 3.05) is 13.2 Å². The van der Waals surface area contributed by atoms with Crippen LogP contribution in [0.25, 0.3) is 0 Å². The molecule has 0 aliphatic carbocycles. The number of hydrogen-bond acceptors (Lipinski definition) is 6. The number of carbonyl (C=O) groups is 3. The quantitative estimate of drug-likeness (QED) is 0.0262. The number of ether oxygens (including phenoxy) is 3. The second-order valence-electron chi connectivity index (χ2n) is 18.1. The van der Waals surface area contributed by atoms with Crippen LogP contribution in [0, 0.1) is 0 Å². The van der Waals surface area contributed by atoms with Crippen LogP contribution in [-0.2, 0) is 28.6 Å². The molecule has 6 heteroatoms. The van der Waals surface area contributed by atoms with Crippen LogP contribution in [0.5, 0.6) is 0 Å². The lowest BCUT2D eigenvalue weighted by Crippen LogP contribution is -2.30. The summed E-state index contributed by atoms with van der Waals surface area (Å²) in [6, 6.07) is 0. The van der Waals surface area contributed by atoms with Crippen LogP contribution < -0.4 is 0 Å². The molecule has 0 aliphatic rings. The monoisotopic (exact) mass is 907 g/mol. The van der Waals surface area contributed by atoms with Gasteiger partial charge in [-0.25, -0.2) is 0 Å². The maximum Gasteiger partial charge on any atom is 0.310 e. The summed E-state index contributed by atoms with van der Waals surface area (Å²) in [7, 11) is 0. The molecule has 1 atom stereocenters. The molecule has 0 spiro atoms. The zero-order valence-electron chi connectivity index (χ0n) is 42.7. The molecule has 0 aromatic carbocycles. The molecule has 1 unspecified atom stereocenters. The Morgan fingerprint density at radius 2 is 0.646 bits per heavy atom. The molecule has 0 N–H and O–H groups in total. The molecule has 0 aliphatic heterocycles. The summed E-state index contributed by atoms with van der Waals surface area (Å²) >= 11 is 0. The molecule has 0 rings (SSSR count). The van der Waals surface area contributed by atoms with E-state index in [2.05, 4.69) is 81.5 Å². The summed E-state index contributed by atoms with van der Waals surface area (Å²) < 4.78 is 16.6. The van der Waals surface area contributed by atoms with Gasteiger partial charge < -0.3 is 14.2 Å². The van der Waals surface area contributed by atoms with Crippen molar-refractivity contribution >= 4 is 17.9 Å². The summed E-state index contributed by atoms with van der Waals surface area (Å²) in [5.74, 6) is -1.05. The van der Waals surface area contributed by atoms with Gasteiger partial charge in [-0.15, -0.1) is 0 Å². The third-order valence-electron chi connectivity index (χ3n) is 11.7. The summed E-state index contributed by atoms with van der Waals surface area (Å²) in [6.45, 7) is 6.40. The van der Waals surface area contributed by atoms with Gasteiger partial charge in [0.25, 0.3) is 0 Å². The van der Waals surface area contributed by atoms with Gasteiger partial charge in [0.2, 0.25) is 0 Å². The molecular weight excluding hydrogens is 805 g/mol. The molecule has 0 aromatic heterocycles. The molecule has 65 heavy (non-hydrogen) atoms.